The van der Waals surface area contributed by atoms with Crippen molar-refractivity contribution in [2.24, 2.45) is 11.8 Å². The van der Waals surface area contributed by atoms with Crippen molar-refractivity contribution in [2.75, 3.05) is 27.4 Å². The molecule has 2 N–H and O–H groups in total. The zero-order chi connectivity index (χ0) is 14.3. The van der Waals surface area contributed by atoms with E-state index in [-0.39, 0.29) is 23.7 Å². The Balaban J connectivity index is 1.94. The second kappa shape index (κ2) is 5.12. The molecule has 2 saturated heterocycles. The average molecular weight is 282 g/mol. The summed E-state index contributed by atoms with van der Waals surface area (Å²) in [6.45, 7) is 0.921. The topological polar surface area (TPSA) is 77.4 Å². The first-order valence-electron chi connectivity index (χ1n) is 6.52. The van der Waals surface area contributed by atoms with E-state index in [0.717, 1.165) is 5.56 Å². The first-order chi connectivity index (χ1) is 9.65. The molecule has 0 bridgehead atoms. The number of rotatable bonds is 3. The molecule has 2 heterocycles. The summed E-state index contributed by atoms with van der Waals surface area (Å²) in [5.74, 6) is 0.738. The van der Waals surface area contributed by atoms with E-state index >= 15 is 0 Å². The molecule has 0 unspecified atom stereocenters. The van der Waals surface area contributed by atoms with E-state index in [2.05, 4.69) is 0 Å². The highest BCUT2D eigenvalue weighted by atomic mass is 16.6. The maximum Gasteiger partial charge on any atom is 0.200 e. The van der Waals surface area contributed by atoms with Crippen molar-refractivity contribution < 1.29 is 29.2 Å². The number of fused-ring (bicyclic) bond motifs is 1. The predicted molar refractivity (Wildman–Crippen MR) is 68.8 cm³/mol. The number of aromatic hydroxyl groups is 1. The van der Waals surface area contributed by atoms with Gasteiger partial charge < -0.3 is 29.2 Å². The van der Waals surface area contributed by atoms with Gasteiger partial charge in [0.05, 0.1) is 33.5 Å². The summed E-state index contributed by atoms with van der Waals surface area (Å²) in [7, 11) is 2.97. The highest BCUT2D eigenvalue weighted by molar-refractivity contribution is 5.53. The van der Waals surface area contributed by atoms with Gasteiger partial charge in [0.1, 0.15) is 0 Å². The fourth-order valence-electron chi connectivity index (χ4n) is 2.95. The predicted octanol–water partition coefficient (Wildman–Crippen LogP) is 1.06. The molecule has 2 fully saturated rings. The Morgan fingerprint density at radius 1 is 1.05 bits per heavy atom. The van der Waals surface area contributed by atoms with Crippen LogP contribution in [0.4, 0.5) is 0 Å². The van der Waals surface area contributed by atoms with Crippen LogP contribution in [0.1, 0.15) is 11.7 Å². The molecule has 0 spiro atoms. The molecule has 0 aliphatic carbocycles. The van der Waals surface area contributed by atoms with E-state index in [4.69, 9.17) is 18.9 Å². The standard InChI is InChI=1S/C14H18O6/c1-17-10-3-7(4-11(18-2)12(10)15)13-8-5-20-14(16)9(8)6-19-13/h3-4,8-9,13-16H,5-6H2,1-2H3/t8-,9-,13+,14-/m0/s1. The van der Waals surface area contributed by atoms with E-state index < -0.39 is 6.29 Å². The Labute approximate surface area is 116 Å². The van der Waals surface area contributed by atoms with E-state index in [9.17, 15) is 10.2 Å². The highest BCUT2D eigenvalue weighted by Crippen LogP contribution is 2.47. The zero-order valence-electron chi connectivity index (χ0n) is 11.4. The molecule has 20 heavy (non-hydrogen) atoms. The molecule has 110 valence electrons. The first-order valence-corrected chi connectivity index (χ1v) is 6.52. The molecule has 0 radical (unpaired) electrons. The normalized spacial score (nSPS) is 32.1. The molecule has 1 aromatic carbocycles. The molecule has 1 aromatic rings. The van der Waals surface area contributed by atoms with Gasteiger partial charge in [0.2, 0.25) is 5.75 Å². The molecule has 3 rings (SSSR count). The number of aliphatic hydroxyl groups excluding tert-OH is 1. The van der Waals surface area contributed by atoms with Crippen molar-refractivity contribution in [1.82, 2.24) is 0 Å². The Kier molecular flexibility index (Phi) is 3.45. The number of methoxy groups -OCH3 is 2. The number of hydrogen-bond donors (Lipinski definition) is 2. The van der Waals surface area contributed by atoms with Gasteiger partial charge in [-0.2, -0.15) is 0 Å². The molecule has 0 amide bonds. The van der Waals surface area contributed by atoms with Crippen LogP contribution in [-0.4, -0.2) is 43.9 Å². The summed E-state index contributed by atoms with van der Waals surface area (Å²) in [6.07, 6.45) is -0.952. The van der Waals surface area contributed by atoms with E-state index in [1.54, 1.807) is 12.1 Å². The molecule has 4 atom stereocenters. The van der Waals surface area contributed by atoms with E-state index in [1.165, 1.54) is 14.2 Å². The lowest BCUT2D eigenvalue weighted by Gasteiger charge is -2.19. The number of aliphatic hydroxyl groups is 1. The summed E-state index contributed by atoms with van der Waals surface area (Å²) in [5.41, 5.74) is 0.849. The minimum atomic E-state index is -0.758. The summed E-state index contributed by atoms with van der Waals surface area (Å²) in [4.78, 5) is 0. The van der Waals surface area contributed by atoms with Gasteiger partial charge in [-0.3, -0.25) is 0 Å². The van der Waals surface area contributed by atoms with Crippen molar-refractivity contribution in [2.45, 2.75) is 12.4 Å². The van der Waals surface area contributed by atoms with Crippen molar-refractivity contribution in [1.29, 1.82) is 0 Å². The lowest BCUT2D eigenvalue weighted by molar-refractivity contribution is -0.0961. The summed E-state index contributed by atoms with van der Waals surface area (Å²) < 4.78 is 21.4. The number of benzene rings is 1. The Hall–Kier alpha value is -1.50. The van der Waals surface area contributed by atoms with Crippen LogP contribution in [0, 0.1) is 11.8 Å². The maximum absolute atomic E-state index is 9.93. The van der Waals surface area contributed by atoms with Crippen LogP contribution in [0.5, 0.6) is 17.2 Å². The SMILES string of the molecule is COc1cc([C@H]2OC[C@H]3[C@@H]2CO[C@@H]3O)cc(OC)c1O. The zero-order valence-corrected chi connectivity index (χ0v) is 11.4. The van der Waals surface area contributed by atoms with Crippen LogP contribution >= 0.6 is 0 Å². The van der Waals surface area contributed by atoms with Crippen molar-refractivity contribution in [3.05, 3.63) is 17.7 Å². The van der Waals surface area contributed by atoms with Gasteiger partial charge in [-0.15, -0.1) is 0 Å². The van der Waals surface area contributed by atoms with Gasteiger partial charge in [0.15, 0.2) is 17.8 Å². The minimum absolute atomic E-state index is 0.00853. The molecule has 2 aliphatic heterocycles. The molecule has 0 saturated carbocycles. The third kappa shape index (κ3) is 2.00. The maximum atomic E-state index is 9.93. The van der Waals surface area contributed by atoms with Crippen LogP contribution in [0.15, 0.2) is 12.1 Å². The lowest BCUT2D eigenvalue weighted by Crippen LogP contribution is -2.19. The first kappa shape index (κ1) is 13.5. The second-order valence-corrected chi connectivity index (χ2v) is 5.08. The van der Waals surface area contributed by atoms with Gasteiger partial charge in [-0.05, 0) is 17.7 Å². The van der Waals surface area contributed by atoms with Crippen LogP contribution in [0.25, 0.3) is 0 Å². The van der Waals surface area contributed by atoms with E-state index in [1.807, 2.05) is 0 Å². The Bertz CT molecular complexity index is 477. The molecule has 2 aliphatic rings. The lowest BCUT2D eigenvalue weighted by atomic mass is 9.89. The molecule has 6 nitrogen and oxygen atoms in total. The summed E-state index contributed by atoms with van der Waals surface area (Å²) in [5, 5.41) is 19.6. The van der Waals surface area contributed by atoms with Crippen molar-refractivity contribution >= 4 is 0 Å². The van der Waals surface area contributed by atoms with Crippen LogP contribution in [0.2, 0.25) is 0 Å². The largest absolute Gasteiger partial charge is 0.502 e. The monoisotopic (exact) mass is 282 g/mol. The highest BCUT2D eigenvalue weighted by Gasteiger charge is 2.47. The Morgan fingerprint density at radius 3 is 2.25 bits per heavy atom. The van der Waals surface area contributed by atoms with Crippen molar-refractivity contribution in [3.8, 4) is 17.2 Å². The second-order valence-electron chi connectivity index (χ2n) is 5.08. The fourth-order valence-corrected chi connectivity index (χ4v) is 2.95. The number of hydrogen-bond acceptors (Lipinski definition) is 6. The number of phenolic OH excluding ortho intramolecular Hbond substituents is 1. The minimum Gasteiger partial charge on any atom is -0.502 e. The number of ether oxygens (including phenoxy) is 4. The summed E-state index contributed by atoms with van der Waals surface area (Å²) in [6, 6.07) is 3.46. The summed E-state index contributed by atoms with van der Waals surface area (Å²) >= 11 is 0. The quantitative estimate of drug-likeness (QED) is 0.863. The molecular weight excluding hydrogens is 264 g/mol. The van der Waals surface area contributed by atoms with Crippen LogP contribution < -0.4 is 9.47 Å². The van der Waals surface area contributed by atoms with Gasteiger partial charge in [-0.25, -0.2) is 0 Å². The van der Waals surface area contributed by atoms with Gasteiger partial charge in [0, 0.05) is 11.8 Å². The smallest absolute Gasteiger partial charge is 0.200 e. The molecular formula is C14H18O6. The van der Waals surface area contributed by atoms with Crippen molar-refractivity contribution in [3.63, 3.8) is 0 Å². The van der Waals surface area contributed by atoms with Gasteiger partial charge in [-0.1, -0.05) is 0 Å². The number of phenols is 1. The average Bonchev–Trinajstić information content (AvgIpc) is 3.03. The van der Waals surface area contributed by atoms with Gasteiger partial charge >= 0.3 is 0 Å². The van der Waals surface area contributed by atoms with Crippen LogP contribution in [0.3, 0.4) is 0 Å². The third-order valence-corrected chi connectivity index (χ3v) is 4.06. The van der Waals surface area contributed by atoms with E-state index in [0.29, 0.717) is 24.7 Å². The van der Waals surface area contributed by atoms with Gasteiger partial charge in [0.25, 0.3) is 0 Å². The third-order valence-electron chi connectivity index (χ3n) is 4.06. The molecule has 6 heteroatoms. The Morgan fingerprint density at radius 2 is 1.65 bits per heavy atom. The fraction of sp³-hybridized carbons (Fsp3) is 0.571. The molecule has 0 aromatic heterocycles. The van der Waals surface area contributed by atoms with Crippen LogP contribution in [-0.2, 0) is 9.47 Å².